The third kappa shape index (κ3) is 8.90. The van der Waals surface area contributed by atoms with Crippen molar-refractivity contribution < 1.29 is 24.6 Å². The zero-order valence-corrected chi connectivity index (χ0v) is 14.4. The van der Waals surface area contributed by atoms with Gasteiger partial charge in [0.1, 0.15) is 0 Å². The van der Waals surface area contributed by atoms with E-state index in [0.717, 1.165) is 0 Å². The molecule has 0 heterocycles. The van der Waals surface area contributed by atoms with Crippen LogP contribution in [0.25, 0.3) is 0 Å². The fraction of sp³-hybridized carbons (Fsp3) is 0.800. The molecule has 0 aliphatic carbocycles. The van der Waals surface area contributed by atoms with Gasteiger partial charge in [-0.1, -0.05) is 27.7 Å². The number of hydrogen-bond donors (Lipinski definition) is 3. The number of nitrogens with zero attached hydrogens (tertiary/aromatic N) is 2. The molecule has 134 valence electrons. The van der Waals surface area contributed by atoms with Gasteiger partial charge in [-0.3, -0.25) is 4.79 Å². The van der Waals surface area contributed by atoms with E-state index in [0.29, 0.717) is 6.54 Å². The molecule has 0 fully saturated rings. The van der Waals surface area contributed by atoms with Gasteiger partial charge in [-0.25, -0.2) is 9.59 Å². The van der Waals surface area contributed by atoms with Gasteiger partial charge in [-0.15, -0.1) is 0 Å². The third-order valence-electron chi connectivity index (χ3n) is 3.26. The van der Waals surface area contributed by atoms with Crippen LogP contribution < -0.4 is 5.73 Å². The summed E-state index contributed by atoms with van der Waals surface area (Å²) in [4.78, 5) is 36.4. The van der Waals surface area contributed by atoms with Crippen LogP contribution in [-0.2, 0) is 4.79 Å². The molecule has 0 spiro atoms. The first-order valence-electron chi connectivity index (χ1n) is 7.80. The van der Waals surface area contributed by atoms with Crippen molar-refractivity contribution in [1.29, 1.82) is 0 Å². The number of nitrogens with two attached hydrogens (primary N) is 1. The summed E-state index contributed by atoms with van der Waals surface area (Å²) in [7, 11) is 0. The fourth-order valence-corrected chi connectivity index (χ4v) is 2.36. The topological polar surface area (TPSA) is 124 Å². The van der Waals surface area contributed by atoms with Crippen molar-refractivity contribution in [2.24, 2.45) is 17.6 Å². The molecular weight excluding hydrogens is 302 g/mol. The maximum atomic E-state index is 11.5. The Labute approximate surface area is 137 Å². The van der Waals surface area contributed by atoms with E-state index in [9.17, 15) is 24.6 Å². The average molecular weight is 331 g/mol. The molecule has 0 aliphatic rings. The van der Waals surface area contributed by atoms with Crippen molar-refractivity contribution >= 4 is 18.1 Å². The van der Waals surface area contributed by atoms with Crippen LogP contribution >= 0.6 is 0 Å². The lowest BCUT2D eigenvalue weighted by molar-refractivity contribution is -0.118. The lowest BCUT2D eigenvalue weighted by atomic mass is 10.1. The minimum atomic E-state index is -1.12. The molecule has 0 aliphatic heterocycles. The van der Waals surface area contributed by atoms with E-state index in [4.69, 9.17) is 5.73 Å². The van der Waals surface area contributed by atoms with Gasteiger partial charge in [0.2, 0.25) is 5.91 Å². The standard InChI is InChI=1S/C15H29N3O5/c1-10(2)7-17(14(20)21)9-12(5-6-13(16)19)18(15(22)23)8-11(3)4/h10-12H,5-9H2,1-4H3,(H2,16,19)(H,20,21)(H,22,23)/t12-/m0/s1. The van der Waals surface area contributed by atoms with E-state index in [1.807, 2.05) is 27.7 Å². The van der Waals surface area contributed by atoms with Crippen LogP contribution in [-0.4, -0.2) is 63.8 Å². The van der Waals surface area contributed by atoms with E-state index in [1.54, 1.807) is 0 Å². The van der Waals surface area contributed by atoms with Crippen LogP contribution in [0.1, 0.15) is 40.5 Å². The highest BCUT2D eigenvalue weighted by Crippen LogP contribution is 2.14. The Morgan fingerprint density at radius 3 is 1.78 bits per heavy atom. The number of hydrogen-bond acceptors (Lipinski definition) is 3. The van der Waals surface area contributed by atoms with Gasteiger partial charge in [0.05, 0.1) is 6.04 Å². The zero-order valence-electron chi connectivity index (χ0n) is 14.4. The lowest BCUT2D eigenvalue weighted by Crippen LogP contribution is -2.50. The first-order valence-corrected chi connectivity index (χ1v) is 7.80. The SMILES string of the molecule is CC(C)CN(C[C@H](CCC(N)=O)N(CC(C)C)C(=O)O)C(=O)O. The van der Waals surface area contributed by atoms with Crippen molar-refractivity contribution in [2.45, 2.75) is 46.6 Å². The fourth-order valence-electron chi connectivity index (χ4n) is 2.36. The van der Waals surface area contributed by atoms with Crippen molar-refractivity contribution in [1.82, 2.24) is 9.80 Å². The van der Waals surface area contributed by atoms with Crippen molar-refractivity contribution in [2.75, 3.05) is 19.6 Å². The molecule has 0 saturated carbocycles. The summed E-state index contributed by atoms with van der Waals surface area (Å²) >= 11 is 0. The number of carbonyl (C=O) groups is 3. The van der Waals surface area contributed by atoms with Crippen LogP contribution in [0.5, 0.6) is 0 Å². The Kier molecular flexibility index (Phi) is 9.05. The maximum Gasteiger partial charge on any atom is 0.407 e. The molecule has 0 aromatic carbocycles. The van der Waals surface area contributed by atoms with E-state index in [-0.39, 0.29) is 37.8 Å². The minimum Gasteiger partial charge on any atom is -0.465 e. The average Bonchev–Trinajstić information content (AvgIpc) is 2.38. The van der Waals surface area contributed by atoms with E-state index < -0.39 is 24.1 Å². The molecular formula is C15H29N3O5. The van der Waals surface area contributed by atoms with Crippen molar-refractivity contribution in [3.63, 3.8) is 0 Å². The van der Waals surface area contributed by atoms with Crippen LogP contribution in [0, 0.1) is 11.8 Å². The van der Waals surface area contributed by atoms with Crippen LogP contribution in [0.4, 0.5) is 9.59 Å². The second-order valence-corrected chi connectivity index (χ2v) is 6.57. The monoisotopic (exact) mass is 331 g/mol. The first kappa shape index (κ1) is 21.0. The summed E-state index contributed by atoms with van der Waals surface area (Å²) in [6, 6.07) is -0.600. The number of primary amides is 1. The molecule has 0 unspecified atom stereocenters. The second-order valence-electron chi connectivity index (χ2n) is 6.57. The van der Waals surface area contributed by atoms with Gasteiger partial charge in [0.15, 0.2) is 0 Å². The van der Waals surface area contributed by atoms with Gasteiger partial charge >= 0.3 is 12.2 Å². The summed E-state index contributed by atoms with van der Waals surface area (Å²) < 4.78 is 0. The maximum absolute atomic E-state index is 11.5. The van der Waals surface area contributed by atoms with Crippen LogP contribution in [0.15, 0.2) is 0 Å². The smallest absolute Gasteiger partial charge is 0.407 e. The Bertz CT molecular complexity index is 412. The van der Waals surface area contributed by atoms with E-state index in [1.165, 1.54) is 9.80 Å². The third-order valence-corrected chi connectivity index (χ3v) is 3.26. The number of carbonyl (C=O) groups excluding carboxylic acids is 1. The zero-order chi connectivity index (χ0) is 18.2. The largest absolute Gasteiger partial charge is 0.465 e. The van der Waals surface area contributed by atoms with Crippen molar-refractivity contribution in [3.8, 4) is 0 Å². The highest BCUT2D eigenvalue weighted by Gasteiger charge is 2.28. The van der Waals surface area contributed by atoms with Crippen molar-refractivity contribution in [3.05, 3.63) is 0 Å². The minimum absolute atomic E-state index is 0.0156. The predicted molar refractivity (Wildman–Crippen MR) is 86.2 cm³/mol. The van der Waals surface area contributed by atoms with E-state index in [2.05, 4.69) is 0 Å². The second kappa shape index (κ2) is 9.91. The summed E-state index contributed by atoms with van der Waals surface area (Å²) in [6.07, 6.45) is -2.00. The molecule has 0 bridgehead atoms. The van der Waals surface area contributed by atoms with E-state index >= 15 is 0 Å². The molecule has 1 atom stereocenters. The summed E-state index contributed by atoms with van der Waals surface area (Å²) in [5, 5.41) is 18.8. The molecule has 0 aromatic heterocycles. The van der Waals surface area contributed by atoms with Crippen LogP contribution in [0.2, 0.25) is 0 Å². The lowest BCUT2D eigenvalue weighted by Gasteiger charge is -2.34. The number of carboxylic acid groups (broad SMARTS) is 2. The van der Waals surface area contributed by atoms with Gasteiger partial charge in [0, 0.05) is 26.1 Å². The molecule has 4 N–H and O–H groups in total. The Hall–Kier alpha value is -1.99. The molecule has 0 rings (SSSR count). The summed E-state index contributed by atoms with van der Waals surface area (Å²) in [5.41, 5.74) is 5.15. The Morgan fingerprint density at radius 1 is 0.913 bits per heavy atom. The molecule has 3 amide bonds. The Morgan fingerprint density at radius 2 is 1.43 bits per heavy atom. The van der Waals surface area contributed by atoms with Gasteiger partial charge in [-0.2, -0.15) is 0 Å². The van der Waals surface area contributed by atoms with Gasteiger partial charge < -0.3 is 25.7 Å². The summed E-state index contributed by atoms with van der Waals surface area (Å²) in [6.45, 7) is 8.13. The first-order chi connectivity index (χ1) is 10.5. The molecule has 0 aromatic rings. The number of rotatable bonds is 10. The highest BCUT2D eigenvalue weighted by atomic mass is 16.4. The van der Waals surface area contributed by atoms with Gasteiger partial charge in [-0.05, 0) is 18.3 Å². The molecule has 8 heteroatoms. The predicted octanol–water partition coefficient (Wildman–Crippen LogP) is 1.89. The van der Waals surface area contributed by atoms with Gasteiger partial charge in [0.25, 0.3) is 0 Å². The quantitative estimate of drug-likeness (QED) is 0.564. The van der Waals surface area contributed by atoms with Crippen LogP contribution in [0.3, 0.4) is 0 Å². The molecule has 8 nitrogen and oxygen atoms in total. The highest BCUT2D eigenvalue weighted by molar-refractivity contribution is 5.74. The normalized spacial score (nSPS) is 12.3. The number of amides is 3. The molecule has 0 saturated heterocycles. The summed E-state index contributed by atoms with van der Waals surface area (Å²) in [5.74, 6) is -0.326. The molecule has 23 heavy (non-hydrogen) atoms. The Balaban J connectivity index is 5.25. The molecule has 0 radical (unpaired) electrons.